The van der Waals surface area contributed by atoms with Crippen molar-refractivity contribution in [2.24, 2.45) is 17.3 Å². The number of carboxylic acids is 1. The molecule has 170 valence electrons. The van der Waals surface area contributed by atoms with Crippen LogP contribution in [0, 0.1) is 17.3 Å². The minimum Gasteiger partial charge on any atom is -0.481 e. The molecule has 1 heterocycles. The molecule has 0 amide bonds. The second kappa shape index (κ2) is 10.1. The fourth-order valence-electron chi connectivity index (χ4n) is 4.61. The summed E-state index contributed by atoms with van der Waals surface area (Å²) >= 11 is 6.23. The molecule has 1 atom stereocenters. The lowest BCUT2D eigenvalue weighted by Crippen LogP contribution is -2.43. The minimum absolute atomic E-state index is 0.206. The first-order chi connectivity index (χ1) is 14.1. The quantitative estimate of drug-likeness (QED) is 0.551. The van der Waals surface area contributed by atoms with Gasteiger partial charge in [0, 0.05) is 19.2 Å². The van der Waals surface area contributed by atoms with E-state index in [9.17, 15) is 23.1 Å². The lowest BCUT2D eigenvalue weighted by Gasteiger charge is -2.47. The van der Waals surface area contributed by atoms with E-state index < -0.39 is 12.3 Å². The molecule has 0 radical (unpaired) electrons. The van der Waals surface area contributed by atoms with Gasteiger partial charge in [-0.3, -0.25) is 4.79 Å². The summed E-state index contributed by atoms with van der Waals surface area (Å²) in [5.74, 6) is -1.08. The van der Waals surface area contributed by atoms with Gasteiger partial charge in [-0.15, -0.1) is 13.2 Å². The zero-order chi connectivity index (χ0) is 22.5. The first-order valence-electron chi connectivity index (χ1n) is 10.6. The average Bonchev–Trinajstić information content (AvgIpc) is 2.71. The second-order valence-corrected chi connectivity index (χ2v) is 8.52. The van der Waals surface area contributed by atoms with Crippen molar-refractivity contribution in [1.29, 1.82) is 0 Å². The number of aliphatic carboxylic acids is 1. The van der Waals surface area contributed by atoms with Crippen LogP contribution < -0.4 is 9.64 Å². The van der Waals surface area contributed by atoms with Gasteiger partial charge >= 0.3 is 12.3 Å². The number of hydrogen-bond acceptors (Lipinski definition) is 3. The maximum atomic E-state index is 12.5. The van der Waals surface area contributed by atoms with E-state index in [0.717, 1.165) is 38.5 Å². The summed E-state index contributed by atoms with van der Waals surface area (Å²) in [6.07, 6.45) is 0.987. The fourth-order valence-corrected chi connectivity index (χ4v) is 4.85. The molecule has 1 spiro atoms. The third-order valence-electron chi connectivity index (χ3n) is 6.50. The Morgan fingerprint density at radius 3 is 2.27 bits per heavy atom. The predicted octanol–water partition coefficient (Wildman–Crippen LogP) is 6.76. The summed E-state index contributed by atoms with van der Waals surface area (Å²) < 4.78 is 41.5. The van der Waals surface area contributed by atoms with Gasteiger partial charge in [0.1, 0.15) is 5.75 Å². The molecular formula is C22H31ClF3NO3. The number of carboxylic acid groups (broad SMARTS) is 1. The van der Waals surface area contributed by atoms with E-state index in [0.29, 0.717) is 23.8 Å². The van der Waals surface area contributed by atoms with E-state index >= 15 is 0 Å². The molecule has 4 nitrogen and oxygen atoms in total. The van der Waals surface area contributed by atoms with Crippen molar-refractivity contribution < 1.29 is 27.8 Å². The predicted molar refractivity (Wildman–Crippen MR) is 112 cm³/mol. The van der Waals surface area contributed by atoms with Gasteiger partial charge in [-0.2, -0.15) is 0 Å². The highest BCUT2D eigenvalue weighted by Gasteiger charge is 2.40. The third-order valence-corrected chi connectivity index (χ3v) is 6.82. The van der Waals surface area contributed by atoms with E-state index in [1.807, 2.05) is 18.7 Å². The number of anilines is 1. The van der Waals surface area contributed by atoms with Crippen molar-refractivity contribution in [2.45, 2.75) is 65.7 Å². The molecule has 1 saturated heterocycles. The van der Waals surface area contributed by atoms with Crippen LogP contribution in [-0.2, 0) is 4.79 Å². The van der Waals surface area contributed by atoms with Gasteiger partial charge in [-0.05, 0) is 62.0 Å². The number of carbonyl (C=O) groups is 1. The monoisotopic (exact) mass is 449 g/mol. The standard InChI is InChI=1S/C20H25ClF3NO3.C2H6/c1-13(18(26)27)14-4-6-19(7-5-14)8-10-25(11-9-19)17-12-15(2-3-16(17)21)28-20(22,23)24;1-2/h2-3,12-14H,4-11H2,1H3,(H,26,27);1-2H3. The van der Waals surface area contributed by atoms with E-state index in [-0.39, 0.29) is 23.0 Å². The molecule has 3 rings (SSSR count). The van der Waals surface area contributed by atoms with Crippen LogP contribution in [0.4, 0.5) is 18.9 Å². The van der Waals surface area contributed by atoms with E-state index in [4.69, 9.17) is 11.6 Å². The highest BCUT2D eigenvalue weighted by molar-refractivity contribution is 6.33. The molecule has 2 aliphatic rings. The van der Waals surface area contributed by atoms with Crippen molar-refractivity contribution >= 4 is 23.3 Å². The summed E-state index contributed by atoms with van der Waals surface area (Å²) in [6.45, 7) is 7.22. The van der Waals surface area contributed by atoms with Gasteiger partial charge < -0.3 is 14.7 Å². The molecule has 2 fully saturated rings. The molecule has 1 saturated carbocycles. The number of benzene rings is 1. The van der Waals surface area contributed by atoms with Crippen molar-refractivity contribution in [1.82, 2.24) is 0 Å². The van der Waals surface area contributed by atoms with Crippen LogP contribution in [-0.4, -0.2) is 30.5 Å². The molecule has 30 heavy (non-hydrogen) atoms. The number of alkyl halides is 3. The van der Waals surface area contributed by atoms with E-state index in [1.165, 1.54) is 18.2 Å². The Balaban J connectivity index is 0.00000155. The maximum absolute atomic E-state index is 12.5. The van der Waals surface area contributed by atoms with Crippen LogP contribution in [0.5, 0.6) is 5.75 Å². The second-order valence-electron chi connectivity index (χ2n) is 8.11. The Hall–Kier alpha value is -1.63. The lowest BCUT2D eigenvalue weighted by atomic mass is 9.63. The number of piperidine rings is 1. The smallest absolute Gasteiger partial charge is 0.481 e. The number of hydrogen-bond donors (Lipinski definition) is 1. The zero-order valence-electron chi connectivity index (χ0n) is 17.8. The van der Waals surface area contributed by atoms with Gasteiger partial charge in [0.2, 0.25) is 0 Å². The molecular weight excluding hydrogens is 419 g/mol. The van der Waals surface area contributed by atoms with E-state index in [2.05, 4.69) is 4.74 Å². The van der Waals surface area contributed by atoms with Crippen LogP contribution in [0.25, 0.3) is 0 Å². The van der Waals surface area contributed by atoms with Crippen molar-refractivity contribution in [2.75, 3.05) is 18.0 Å². The van der Waals surface area contributed by atoms with Crippen molar-refractivity contribution in [3.63, 3.8) is 0 Å². The molecule has 8 heteroatoms. The summed E-state index contributed by atoms with van der Waals surface area (Å²) in [4.78, 5) is 13.2. The number of nitrogens with zero attached hydrogens (tertiary/aromatic N) is 1. The fraction of sp³-hybridized carbons (Fsp3) is 0.682. The molecule has 1 aliphatic heterocycles. The Kier molecular flexibility index (Phi) is 8.31. The van der Waals surface area contributed by atoms with Crippen LogP contribution in [0.2, 0.25) is 5.02 Å². The molecule has 1 unspecified atom stereocenters. The SMILES string of the molecule is CC.CC(C(=O)O)C1CCC2(CC1)CCN(c1cc(OC(F)(F)F)ccc1Cl)CC2. The highest BCUT2D eigenvalue weighted by atomic mass is 35.5. The third kappa shape index (κ3) is 6.19. The van der Waals surface area contributed by atoms with Crippen LogP contribution >= 0.6 is 11.6 Å². The molecule has 0 bridgehead atoms. The van der Waals surface area contributed by atoms with Crippen LogP contribution in [0.15, 0.2) is 18.2 Å². The molecule has 1 aromatic rings. The molecule has 0 aromatic heterocycles. The van der Waals surface area contributed by atoms with E-state index in [1.54, 1.807) is 6.92 Å². The minimum atomic E-state index is -4.73. The van der Waals surface area contributed by atoms with Gasteiger partial charge in [-0.1, -0.05) is 32.4 Å². The Morgan fingerprint density at radius 1 is 1.20 bits per heavy atom. The van der Waals surface area contributed by atoms with Crippen molar-refractivity contribution in [3.05, 3.63) is 23.2 Å². The molecule has 1 aromatic carbocycles. The molecule has 1 N–H and O–H groups in total. The number of rotatable bonds is 4. The van der Waals surface area contributed by atoms with Gasteiger partial charge in [0.05, 0.1) is 16.6 Å². The normalized spacial score (nSPS) is 20.3. The molecule has 1 aliphatic carbocycles. The summed E-state index contributed by atoms with van der Waals surface area (Å²) in [6, 6.07) is 4.00. The maximum Gasteiger partial charge on any atom is 0.573 e. The number of ether oxygens (including phenoxy) is 1. The topological polar surface area (TPSA) is 49.8 Å². The van der Waals surface area contributed by atoms with Gasteiger partial charge in [0.15, 0.2) is 0 Å². The summed E-state index contributed by atoms with van der Waals surface area (Å²) in [7, 11) is 0. The largest absolute Gasteiger partial charge is 0.573 e. The highest BCUT2D eigenvalue weighted by Crippen LogP contribution is 2.49. The van der Waals surface area contributed by atoms with Crippen LogP contribution in [0.3, 0.4) is 0 Å². The Labute approximate surface area is 181 Å². The number of halogens is 4. The van der Waals surface area contributed by atoms with Crippen molar-refractivity contribution in [3.8, 4) is 5.75 Å². The van der Waals surface area contributed by atoms with Gasteiger partial charge in [0.25, 0.3) is 0 Å². The average molecular weight is 450 g/mol. The first kappa shape index (κ1) is 24.6. The summed E-state index contributed by atoms with van der Waals surface area (Å²) in [5.41, 5.74) is 0.768. The first-order valence-corrected chi connectivity index (χ1v) is 11.0. The van der Waals surface area contributed by atoms with Crippen LogP contribution in [0.1, 0.15) is 59.3 Å². The van der Waals surface area contributed by atoms with Gasteiger partial charge in [-0.25, -0.2) is 0 Å². The lowest BCUT2D eigenvalue weighted by molar-refractivity contribution is -0.274. The zero-order valence-corrected chi connectivity index (χ0v) is 18.5. The summed E-state index contributed by atoms with van der Waals surface area (Å²) in [5, 5.41) is 9.62. The Bertz CT molecular complexity index is 708. The Morgan fingerprint density at radius 2 is 1.77 bits per heavy atom.